The summed E-state index contributed by atoms with van der Waals surface area (Å²) in [6.07, 6.45) is 3.24. The van der Waals surface area contributed by atoms with E-state index in [1.165, 1.54) is 16.8 Å². The molecular formula is C19H19Cl2FN6. The highest BCUT2D eigenvalue weighted by molar-refractivity contribution is 6.08. The van der Waals surface area contributed by atoms with Gasteiger partial charge in [-0.3, -0.25) is 5.41 Å². The van der Waals surface area contributed by atoms with Crippen molar-refractivity contribution in [2.45, 2.75) is 12.8 Å². The third-order valence-corrected chi connectivity index (χ3v) is 4.47. The van der Waals surface area contributed by atoms with Crippen LogP contribution in [0.4, 0.5) is 10.3 Å². The highest BCUT2D eigenvalue weighted by atomic mass is 35.5. The van der Waals surface area contributed by atoms with Gasteiger partial charge in [-0.15, -0.1) is 24.8 Å². The lowest BCUT2D eigenvalue weighted by Crippen LogP contribution is -2.13. The van der Waals surface area contributed by atoms with Crippen molar-refractivity contribution in [2.24, 2.45) is 10.8 Å². The molecule has 5 N–H and O–H groups in total. The first kappa shape index (κ1) is 21.4. The Bertz CT molecular complexity index is 1040. The Morgan fingerprint density at radius 1 is 1.11 bits per heavy atom. The molecule has 1 heterocycles. The molecule has 0 aliphatic heterocycles. The lowest BCUT2D eigenvalue weighted by atomic mass is 10.0. The standard InChI is InChI=1S/C19H17FN6.2ClH/c20-12-6-4-11(5-7-12)17-10-26(19(23)24-17)25-16-9-8-13-14(16)2-1-3-15(13)18(21)22;;/h1-7,10H,8-9H2,(H3,21,22)(H2,23,24);2*1H. The summed E-state index contributed by atoms with van der Waals surface area (Å²) in [5, 5.41) is 12.3. The Labute approximate surface area is 173 Å². The van der Waals surface area contributed by atoms with Crippen molar-refractivity contribution in [3.05, 3.63) is 71.2 Å². The quantitative estimate of drug-likeness (QED) is 0.444. The summed E-state index contributed by atoms with van der Waals surface area (Å²) in [6, 6.07) is 11.8. The maximum atomic E-state index is 13.1. The number of nitrogens with zero attached hydrogens (tertiary/aromatic N) is 3. The zero-order chi connectivity index (χ0) is 18.3. The molecule has 3 aromatic rings. The minimum atomic E-state index is -0.301. The minimum Gasteiger partial charge on any atom is -0.384 e. The summed E-state index contributed by atoms with van der Waals surface area (Å²) in [7, 11) is 0. The predicted molar refractivity (Wildman–Crippen MR) is 114 cm³/mol. The van der Waals surface area contributed by atoms with E-state index in [2.05, 4.69) is 10.1 Å². The van der Waals surface area contributed by atoms with Crippen molar-refractivity contribution >= 4 is 42.3 Å². The van der Waals surface area contributed by atoms with Crippen LogP contribution < -0.4 is 11.5 Å². The number of hydrogen-bond acceptors (Lipinski definition) is 4. The smallest absolute Gasteiger partial charge is 0.221 e. The van der Waals surface area contributed by atoms with Crippen LogP contribution in [0.3, 0.4) is 0 Å². The molecule has 9 heteroatoms. The zero-order valence-electron chi connectivity index (χ0n) is 14.7. The molecule has 0 saturated carbocycles. The van der Waals surface area contributed by atoms with Crippen LogP contribution in [0.15, 0.2) is 53.8 Å². The number of anilines is 1. The van der Waals surface area contributed by atoms with Crippen molar-refractivity contribution in [1.82, 2.24) is 9.66 Å². The van der Waals surface area contributed by atoms with Crippen LogP contribution in [0.1, 0.15) is 23.1 Å². The third kappa shape index (κ3) is 3.85. The Morgan fingerprint density at radius 2 is 1.82 bits per heavy atom. The molecule has 1 aliphatic rings. The SMILES string of the molecule is Cl.Cl.N=C(N)c1cccc2c1CCC2=Nn1cc(-c2ccc(F)cc2)nc1N. The largest absolute Gasteiger partial charge is 0.384 e. The molecule has 4 rings (SSSR count). The molecular weight excluding hydrogens is 402 g/mol. The molecule has 0 radical (unpaired) electrons. The number of nitrogen functional groups attached to an aromatic ring is 2. The van der Waals surface area contributed by atoms with Gasteiger partial charge in [0.25, 0.3) is 0 Å². The van der Waals surface area contributed by atoms with Gasteiger partial charge in [0.15, 0.2) is 0 Å². The number of halogens is 3. The van der Waals surface area contributed by atoms with E-state index in [9.17, 15) is 4.39 Å². The van der Waals surface area contributed by atoms with Gasteiger partial charge in [0.1, 0.15) is 11.7 Å². The normalized spacial score (nSPS) is 13.5. The van der Waals surface area contributed by atoms with Crippen molar-refractivity contribution in [1.29, 1.82) is 5.41 Å². The minimum absolute atomic E-state index is 0. The summed E-state index contributed by atoms with van der Waals surface area (Å²) in [6.45, 7) is 0. The molecule has 0 bridgehead atoms. The number of nitrogens with one attached hydrogen (secondary N) is 1. The number of rotatable bonds is 3. The van der Waals surface area contributed by atoms with Gasteiger partial charge in [-0.1, -0.05) is 18.2 Å². The summed E-state index contributed by atoms with van der Waals surface area (Å²) >= 11 is 0. The molecule has 1 aliphatic carbocycles. The van der Waals surface area contributed by atoms with Crippen molar-refractivity contribution < 1.29 is 4.39 Å². The van der Waals surface area contributed by atoms with E-state index < -0.39 is 0 Å². The van der Waals surface area contributed by atoms with Crippen molar-refractivity contribution in [3.8, 4) is 11.3 Å². The second kappa shape index (κ2) is 8.41. The molecule has 0 spiro atoms. The number of amidine groups is 1. The molecule has 0 fully saturated rings. The highest BCUT2D eigenvalue weighted by Crippen LogP contribution is 2.27. The Balaban J connectivity index is 0.00000140. The van der Waals surface area contributed by atoms with Gasteiger partial charge in [0.2, 0.25) is 5.95 Å². The fraction of sp³-hybridized carbons (Fsp3) is 0.105. The summed E-state index contributed by atoms with van der Waals surface area (Å²) < 4.78 is 14.6. The van der Waals surface area contributed by atoms with Crippen LogP contribution in [-0.4, -0.2) is 21.2 Å². The van der Waals surface area contributed by atoms with Gasteiger partial charge >= 0.3 is 0 Å². The molecule has 0 unspecified atom stereocenters. The van der Waals surface area contributed by atoms with Gasteiger partial charge in [-0.05, 0) is 42.7 Å². The molecule has 0 saturated heterocycles. The first-order chi connectivity index (χ1) is 12.5. The fourth-order valence-electron chi connectivity index (χ4n) is 3.22. The van der Waals surface area contributed by atoms with Gasteiger partial charge < -0.3 is 11.5 Å². The average molecular weight is 421 g/mol. The number of nitrogens with two attached hydrogens (primary N) is 2. The molecule has 28 heavy (non-hydrogen) atoms. The van der Waals surface area contributed by atoms with E-state index in [0.717, 1.165) is 40.8 Å². The third-order valence-electron chi connectivity index (χ3n) is 4.47. The molecule has 0 atom stereocenters. The number of benzene rings is 2. The predicted octanol–water partition coefficient (Wildman–Crippen LogP) is 3.60. The van der Waals surface area contributed by atoms with Gasteiger partial charge in [0, 0.05) is 16.7 Å². The van der Waals surface area contributed by atoms with E-state index in [0.29, 0.717) is 5.69 Å². The molecule has 1 aromatic heterocycles. The Morgan fingerprint density at radius 3 is 2.50 bits per heavy atom. The van der Waals surface area contributed by atoms with Gasteiger partial charge in [-0.2, -0.15) is 5.10 Å². The molecule has 0 amide bonds. The first-order valence-electron chi connectivity index (χ1n) is 8.18. The average Bonchev–Trinajstić information content (AvgIpc) is 3.20. The number of fused-ring (bicyclic) bond motifs is 1. The topological polar surface area (TPSA) is 106 Å². The Kier molecular flexibility index (Phi) is 6.43. The summed E-state index contributed by atoms with van der Waals surface area (Å²) in [5.74, 6) is 0.0158. The highest BCUT2D eigenvalue weighted by Gasteiger charge is 2.22. The van der Waals surface area contributed by atoms with Gasteiger partial charge in [0.05, 0.1) is 17.6 Å². The fourth-order valence-corrected chi connectivity index (χ4v) is 3.22. The molecule has 6 nitrogen and oxygen atoms in total. The molecule has 2 aromatic carbocycles. The molecule has 146 valence electrons. The Hall–Kier alpha value is -2.90. The van der Waals surface area contributed by atoms with E-state index in [-0.39, 0.29) is 42.4 Å². The van der Waals surface area contributed by atoms with E-state index in [1.54, 1.807) is 18.3 Å². The maximum absolute atomic E-state index is 13.1. The van der Waals surface area contributed by atoms with Crippen LogP contribution in [0.25, 0.3) is 11.3 Å². The van der Waals surface area contributed by atoms with E-state index >= 15 is 0 Å². The van der Waals surface area contributed by atoms with Gasteiger partial charge in [-0.25, -0.2) is 14.1 Å². The van der Waals surface area contributed by atoms with Crippen LogP contribution in [0, 0.1) is 11.2 Å². The second-order valence-electron chi connectivity index (χ2n) is 6.13. The van der Waals surface area contributed by atoms with Crippen LogP contribution in [0.5, 0.6) is 0 Å². The van der Waals surface area contributed by atoms with E-state index in [4.69, 9.17) is 16.9 Å². The number of imidazole rings is 1. The zero-order valence-corrected chi connectivity index (χ0v) is 16.4. The van der Waals surface area contributed by atoms with Crippen molar-refractivity contribution in [3.63, 3.8) is 0 Å². The summed E-state index contributed by atoms with van der Waals surface area (Å²) in [5.41, 5.74) is 16.7. The number of aromatic nitrogens is 2. The van der Waals surface area contributed by atoms with E-state index in [1.807, 2.05) is 18.2 Å². The lowest BCUT2D eigenvalue weighted by molar-refractivity contribution is 0.628. The lowest BCUT2D eigenvalue weighted by Gasteiger charge is -2.06. The number of hydrogen-bond donors (Lipinski definition) is 3. The van der Waals surface area contributed by atoms with Crippen LogP contribution in [0.2, 0.25) is 0 Å². The summed E-state index contributed by atoms with van der Waals surface area (Å²) in [4.78, 5) is 4.31. The maximum Gasteiger partial charge on any atom is 0.221 e. The van der Waals surface area contributed by atoms with Crippen LogP contribution >= 0.6 is 24.8 Å². The monoisotopic (exact) mass is 420 g/mol. The van der Waals surface area contributed by atoms with Crippen LogP contribution in [-0.2, 0) is 6.42 Å². The van der Waals surface area contributed by atoms with Crippen molar-refractivity contribution in [2.75, 3.05) is 5.73 Å². The second-order valence-corrected chi connectivity index (χ2v) is 6.13. The first-order valence-corrected chi connectivity index (χ1v) is 8.18.